The van der Waals surface area contributed by atoms with E-state index < -0.39 is 7.12 Å². The van der Waals surface area contributed by atoms with E-state index in [0.717, 1.165) is 16.7 Å². The molecular weight excluding hydrogens is 227 g/mol. The average Bonchev–Trinajstić information content (AvgIpc) is 2.82. The van der Waals surface area contributed by atoms with Crippen molar-refractivity contribution in [3.8, 4) is 5.69 Å². The lowest BCUT2D eigenvalue weighted by Gasteiger charge is -2.04. The van der Waals surface area contributed by atoms with E-state index in [1.54, 1.807) is 6.07 Å². The standard InChI is InChI=1S/C13H11BN2O2/c17-14(18)11-8-10-6-7-16(13(10)15-9-11)12-4-2-1-3-5-12/h1-9,17-18H. The third-order valence-electron chi connectivity index (χ3n) is 2.88. The fraction of sp³-hybridized carbons (Fsp3) is 0. The number of benzene rings is 1. The summed E-state index contributed by atoms with van der Waals surface area (Å²) < 4.78 is 1.96. The number of aromatic nitrogens is 2. The second-order valence-corrected chi connectivity index (χ2v) is 4.08. The van der Waals surface area contributed by atoms with E-state index in [1.165, 1.54) is 6.20 Å². The lowest BCUT2D eigenvalue weighted by molar-refractivity contribution is 0.425. The fourth-order valence-corrected chi connectivity index (χ4v) is 1.98. The largest absolute Gasteiger partial charge is 0.490 e. The molecule has 5 heteroatoms. The van der Waals surface area contributed by atoms with Gasteiger partial charge in [0.1, 0.15) is 5.65 Å². The molecule has 0 atom stereocenters. The van der Waals surface area contributed by atoms with Crippen molar-refractivity contribution in [2.75, 3.05) is 0 Å². The summed E-state index contributed by atoms with van der Waals surface area (Å²) in [5, 5.41) is 19.1. The van der Waals surface area contributed by atoms with Crippen molar-refractivity contribution in [2.45, 2.75) is 0 Å². The molecule has 0 radical (unpaired) electrons. The molecule has 0 spiro atoms. The highest BCUT2D eigenvalue weighted by Crippen LogP contribution is 2.17. The average molecular weight is 238 g/mol. The summed E-state index contributed by atoms with van der Waals surface area (Å²) in [5.74, 6) is 0. The molecule has 0 bridgehead atoms. The molecule has 2 aromatic heterocycles. The number of para-hydroxylation sites is 1. The van der Waals surface area contributed by atoms with Crippen molar-refractivity contribution in [3.05, 3.63) is 54.9 Å². The molecule has 0 amide bonds. The van der Waals surface area contributed by atoms with Crippen molar-refractivity contribution < 1.29 is 10.0 Å². The topological polar surface area (TPSA) is 58.3 Å². The summed E-state index contributed by atoms with van der Waals surface area (Å²) in [6, 6.07) is 13.5. The van der Waals surface area contributed by atoms with Crippen LogP contribution in [0, 0.1) is 0 Å². The predicted octanol–water partition coefficient (Wildman–Crippen LogP) is 0.705. The second kappa shape index (κ2) is 4.29. The van der Waals surface area contributed by atoms with Gasteiger partial charge in [0.05, 0.1) is 0 Å². The maximum atomic E-state index is 9.12. The first-order valence-electron chi connectivity index (χ1n) is 5.64. The van der Waals surface area contributed by atoms with Crippen LogP contribution in [-0.2, 0) is 0 Å². The molecule has 0 saturated carbocycles. The first kappa shape index (κ1) is 11.0. The van der Waals surface area contributed by atoms with Crippen molar-refractivity contribution in [2.24, 2.45) is 0 Å². The van der Waals surface area contributed by atoms with Gasteiger partial charge in [-0.15, -0.1) is 0 Å². The quantitative estimate of drug-likeness (QED) is 0.646. The number of fused-ring (bicyclic) bond motifs is 1. The molecule has 18 heavy (non-hydrogen) atoms. The van der Waals surface area contributed by atoms with Gasteiger partial charge < -0.3 is 14.6 Å². The highest BCUT2D eigenvalue weighted by molar-refractivity contribution is 6.58. The highest BCUT2D eigenvalue weighted by atomic mass is 16.4. The van der Waals surface area contributed by atoms with Crippen LogP contribution >= 0.6 is 0 Å². The van der Waals surface area contributed by atoms with Gasteiger partial charge in [0.25, 0.3) is 0 Å². The molecule has 3 rings (SSSR count). The van der Waals surface area contributed by atoms with Gasteiger partial charge in [-0.1, -0.05) is 18.2 Å². The Morgan fingerprint density at radius 2 is 1.83 bits per heavy atom. The second-order valence-electron chi connectivity index (χ2n) is 4.08. The Balaban J connectivity index is 2.16. The third kappa shape index (κ3) is 1.79. The summed E-state index contributed by atoms with van der Waals surface area (Å²) in [5.41, 5.74) is 2.22. The first-order valence-corrected chi connectivity index (χ1v) is 5.64. The van der Waals surface area contributed by atoms with Crippen LogP contribution in [-0.4, -0.2) is 26.7 Å². The normalized spacial score (nSPS) is 10.8. The minimum atomic E-state index is -1.48. The molecule has 0 unspecified atom stereocenters. The maximum absolute atomic E-state index is 9.12. The Labute approximate surface area is 104 Å². The van der Waals surface area contributed by atoms with Crippen molar-refractivity contribution in [3.63, 3.8) is 0 Å². The van der Waals surface area contributed by atoms with Crippen LogP contribution in [0.3, 0.4) is 0 Å². The summed E-state index contributed by atoms with van der Waals surface area (Å²) in [4.78, 5) is 4.28. The molecular formula is C13H11BN2O2. The lowest BCUT2D eigenvalue weighted by Crippen LogP contribution is -2.29. The van der Waals surface area contributed by atoms with E-state index in [4.69, 9.17) is 10.0 Å². The summed E-state index contributed by atoms with van der Waals surface area (Å²) in [6.45, 7) is 0. The van der Waals surface area contributed by atoms with Crippen molar-refractivity contribution >= 4 is 23.6 Å². The first-order chi connectivity index (χ1) is 8.75. The molecule has 1 aromatic carbocycles. The molecule has 88 valence electrons. The number of nitrogens with zero attached hydrogens (tertiary/aromatic N) is 2. The lowest BCUT2D eigenvalue weighted by atomic mass is 9.81. The van der Waals surface area contributed by atoms with Crippen LogP contribution in [0.1, 0.15) is 0 Å². The van der Waals surface area contributed by atoms with Gasteiger partial charge in [0.15, 0.2) is 0 Å². The zero-order valence-electron chi connectivity index (χ0n) is 9.56. The van der Waals surface area contributed by atoms with E-state index in [9.17, 15) is 0 Å². The minimum absolute atomic E-state index is 0.397. The van der Waals surface area contributed by atoms with Crippen LogP contribution in [0.5, 0.6) is 0 Å². The van der Waals surface area contributed by atoms with E-state index in [1.807, 2.05) is 47.2 Å². The molecule has 4 nitrogen and oxygen atoms in total. The third-order valence-corrected chi connectivity index (χ3v) is 2.88. The smallest absolute Gasteiger partial charge is 0.423 e. The molecule has 0 aliphatic carbocycles. The van der Waals surface area contributed by atoms with Crippen molar-refractivity contribution in [1.82, 2.24) is 9.55 Å². The molecule has 2 N–H and O–H groups in total. The summed E-state index contributed by atoms with van der Waals surface area (Å²) in [6.07, 6.45) is 3.40. The van der Waals surface area contributed by atoms with Gasteiger partial charge in [0.2, 0.25) is 0 Å². The van der Waals surface area contributed by atoms with E-state index in [2.05, 4.69) is 4.98 Å². The zero-order valence-corrected chi connectivity index (χ0v) is 9.56. The van der Waals surface area contributed by atoms with Crippen LogP contribution in [0.4, 0.5) is 0 Å². The molecule has 3 aromatic rings. The van der Waals surface area contributed by atoms with Crippen LogP contribution in [0.15, 0.2) is 54.9 Å². The Morgan fingerprint density at radius 3 is 2.56 bits per heavy atom. The number of pyridine rings is 1. The van der Waals surface area contributed by atoms with Gasteiger partial charge in [-0.2, -0.15) is 0 Å². The van der Waals surface area contributed by atoms with Gasteiger partial charge in [-0.05, 0) is 24.3 Å². The van der Waals surface area contributed by atoms with Gasteiger partial charge >= 0.3 is 7.12 Å². The van der Waals surface area contributed by atoms with Gasteiger partial charge in [-0.3, -0.25) is 0 Å². The van der Waals surface area contributed by atoms with Crippen molar-refractivity contribution in [1.29, 1.82) is 0 Å². The summed E-state index contributed by atoms with van der Waals surface area (Å²) >= 11 is 0. The number of hydrogen-bond donors (Lipinski definition) is 2. The Hall–Kier alpha value is -2.11. The van der Waals surface area contributed by atoms with Crippen LogP contribution < -0.4 is 5.46 Å². The van der Waals surface area contributed by atoms with Crippen LogP contribution in [0.2, 0.25) is 0 Å². The molecule has 2 heterocycles. The highest BCUT2D eigenvalue weighted by Gasteiger charge is 2.13. The number of rotatable bonds is 2. The van der Waals surface area contributed by atoms with Gasteiger partial charge in [0, 0.05) is 28.9 Å². The Morgan fingerprint density at radius 1 is 1.06 bits per heavy atom. The molecule has 0 fully saturated rings. The zero-order chi connectivity index (χ0) is 12.5. The minimum Gasteiger partial charge on any atom is -0.423 e. The molecule has 0 saturated heterocycles. The van der Waals surface area contributed by atoms with E-state index in [0.29, 0.717) is 5.46 Å². The van der Waals surface area contributed by atoms with Crippen LogP contribution in [0.25, 0.3) is 16.7 Å². The van der Waals surface area contributed by atoms with Gasteiger partial charge in [-0.25, -0.2) is 4.98 Å². The molecule has 0 aliphatic rings. The maximum Gasteiger partial charge on any atom is 0.490 e. The van der Waals surface area contributed by atoms with E-state index in [-0.39, 0.29) is 0 Å². The Kier molecular flexibility index (Phi) is 2.62. The molecule has 0 aliphatic heterocycles. The summed E-state index contributed by atoms with van der Waals surface area (Å²) in [7, 11) is -1.48. The fourth-order valence-electron chi connectivity index (χ4n) is 1.98. The Bertz CT molecular complexity index is 680. The monoisotopic (exact) mass is 238 g/mol. The predicted molar refractivity (Wildman–Crippen MR) is 70.9 cm³/mol. The SMILES string of the molecule is OB(O)c1cnc2c(ccn2-c2ccccc2)c1. The number of hydrogen-bond acceptors (Lipinski definition) is 3. The van der Waals surface area contributed by atoms with E-state index >= 15 is 0 Å².